The van der Waals surface area contributed by atoms with Gasteiger partial charge in [0.05, 0.1) is 6.04 Å². The fourth-order valence-electron chi connectivity index (χ4n) is 1.28. The molecule has 0 unspecified atom stereocenters. The first kappa shape index (κ1) is 11.5. The number of halogens is 1. The second-order valence-corrected chi connectivity index (χ2v) is 4.18. The highest BCUT2D eigenvalue weighted by atomic mass is 79.9. The van der Waals surface area contributed by atoms with E-state index in [2.05, 4.69) is 26.6 Å². The van der Waals surface area contributed by atoms with E-state index in [-0.39, 0.29) is 6.03 Å². The van der Waals surface area contributed by atoms with Crippen LogP contribution in [0.5, 0.6) is 0 Å². The van der Waals surface area contributed by atoms with E-state index in [0.29, 0.717) is 0 Å². The van der Waals surface area contributed by atoms with E-state index in [1.807, 2.05) is 49.9 Å². The van der Waals surface area contributed by atoms with E-state index in [4.69, 9.17) is 0 Å². The molecule has 1 fully saturated rings. The van der Waals surface area contributed by atoms with Crippen molar-refractivity contribution in [2.45, 2.75) is 0 Å². The van der Waals surface area contributed by atoms with Gasteiger partial charge in [0.15, 0.2) is 0 Å². The van der Waals surface area contributed by atoms with Crippen molar-refractivity contribution in [1.29, 1.82) is 0 Å². The molecule has 1 aliphatic rings. The van der Waals surface area contributed by atoms with Gasteiger partial charge in [-0.05, 0) is 49.9 Å². The molecule has 0 bridgehead atoms. The van der Waals surface area contributed by atoms with Crippen LogP contribution in [0, 0.1) is 31.7 Å². The van der Waals surface area contributed by atoms with Gasteiger partial charge in [-0.25, -0.2) is 4.79 Å². The molecule has 1 aromatic carbocycles. The smallest absolute Gasteiger partial charge is 0.319 e. The molecule has 2 N–H and O–H groups in total. The molecule has 2 amide bonds. The highest BCUT2D eigenvalue weighted by Crippen LogP contribution is 2.20. The molecule has 0 aromatic heterocycles. The van der Waals surface area contributed by atoms with Crippen LogP contribution in [0.2, 0.25) is 0 Å². The van der Waals surface area contributed by atoms with E-state index in [1.165, 1.54) is 0 Å². The van der Waals surface area contributed by atoms with Crippen LogP contribution >= 0.6 is 15.9 Å². The number of urea groups is 1. The number of nitrogens with one attached hydrogen (secondary N) is 2. The maximum Gasteiger partial charge on any atom is 0.319 e. The van der Waals surface area contributed by atoms with Gasteiger partial charge in [0.2, 0.25) is 0 Å². The second kappa shape index (κ2) is 5.34. The maximum absolute atomic E-state index is 11.5. The standard InChI is InChI=1S/C12H10BrN2O/c13-9-5-7-11(8-6-9)15-12(16)14-10-3-1-2-4-10/h1-8H,(H2,14,15,16). The third kappa shape index (κ3) is 3.23. The lowest BCUT2D eigenvalue weighted by Gasteiger charge is -2.11. The largest absolute Gasteiger partial charge is 0.329 e. The monoisotopic (exact) mass is 277 g/mol. The minimum Gasteiger partial charge on any atom is -0.329 e. The minimum absolute atomic E-state index is 0.242. The van der Waals surface area contributed by atoms with E-state index >= 15 is 0 Å². The lowest BCUT2D eigenvalue weighted by Crippen LogP contribution is -2.31. The van der Waals surface area contributed by atoms with Crippen molar-refractivity contribution in [1.82, 2.24) is 5.32 Å². The van der Waals surface area contributed by atoms with Crippen LogP contribution in [0.4, 0.5) is 10.5 Å². The van der Waals surface area contributed by atoms with Gasteiger partial charge in [-0.1, -0.05) is 15.9 Å². The molecule has 2 rings (SSSR count). The summed E-state index contributed by atoms with van der Waals surface area (Å²) in [7, 11) is 0. The molecule has 0 heterocycles. The number of hydrogen-bond donors (Lipinski definition) is 2. The molecular formula is C12H10BrN2O. The van der Waals surface area contributed by atoms with Crippen molar-refractivity contribution in [3.63, 3.8) is 0 Å². The summed E-state index contributed by atoms with van der Waals surface area (Å²) in [5.41, 5.74) is 0.757. The van der Waals surface area contributed by atoms with Crippen molar-refractivity contribution >= 4 is 27.6 Å². The molecule has 0 atom stereocenters. The number of carbonyl (C=O) groups excluding carboxylic acids is 1. The summed E-state index contributed by atoms with van der Waals surface area (Å²) in [6, 6.07) is 7.95. The van der Waals surface area contributed by atoms with Crippen molar-refractivity contribution in [3.05, 3.63) is 60.5 Å². The molecule has 16 heavy (non-hydrogen) atoms. The molecule has 1 saturated carbocycles. The maximum atomic E-state index is 11.5. The van der Waals surface area contributed by atoms with E-state index < -0.39 is 0 Å². The van der Waals surface area contributed by atoms with E-state index in [9.17, 15) is 4.79 Å². The fraction of sp³-hybridized carbons (Fsp3) is 0. The van der Waals surface area contributed by atoms with Crippen LogP contribution in [0.15, 0.2) is 28.7 Å². The Morgan fingerprint density at radius 1 is 1.00 bits per heavy atom. The Morgan fingerprint density at radius 3 is 2.25 bits per heavy atom. The van der Waals surface area contributed by atoms with Crippen molar-refractivity contribution < 1.29 is 4.79 Å². The highest BCUT2D eigenvalue weighted by Gasteiger charge is 2.18. The summed E-state index contributed by atoms with van der Waals surface area (Å²) in [5, 5.41) is 5.46. The zero-order valence-electron chi connectivity index (χ0n) is 8.41. The minimum atomic E-state index is -0.242. The normalized spacial score (nSPS) is 16.1. The Kier molecular flexibility index (Phi) is 3.83. The van der Waals surface area contributed by atoms with Gasteiger partial charge in [-0.15, -0.1) is 0 Å². The van der Waals surface area contributed by atoms with Gasteiger partial charge in [-0.3, -0.25) is 0 Å². The molecule has 0 aliphatic heterocycles. The summed E-state index contributed by atoms with van der Waals surface area (Å²) >= 11 is 3.33. The number of anilines is 1. The molecule has 1 aliphatic carbocycles. The van der Waals surface area contributed by atoms with Gasteiger partial charge in [0, 0.05) is 10.2 Å². The number of carbonyl (C=O) groups is 1. The van der Waals surface area contributed by atoms with Crippen LogP contribution in [0.3, 0.4) is 0 Å². The zero-order chi connectivity index (χ0) is 11.4. The van der Waals surface area contributed by atoms with Crippen LogP contribution in [-0.2, 0) is 0 Å². The number of rotatable bonds is 2. The van der Waals surface area contributed by atoms with Gasteiger partial charge in [-0.2, -0.15) is 0 Å². The quantitative estimate of drug-likeness (QED) is 0.858. The number of benzene rings is 1. The topological polar surface area (TPSA) is 41.1 Å². The average molecular weight is 278 g/mol. The first-order valence-corrected chi connectivity index (χ1v) is 5.58. The summed E-state index contributed by atoms with van der Waals surface area (Å²) in [4.78, 5) is 11.5. The van der Waals surface area contributed by atoms with Crippen molar-refractivity contribution in [2.24, 2.45) is 0 Å². The summed E-state index contributed by atoms with van der Waals surface area (Å²) in [6.45, 7) is 0. The fourth-order valence-corrected chi connectivity index (χ4v) is 1.55. The molecular weight excluding hydrogens is 268 g/mol. The van der Waals surface area contributed by atoms with E-state index in [0.717, 1.165) is 16.2 Å². The van der Waals surface area contributed by atoms with Gasteiger partial charge in [0.25, 0.3) is 0 Å². The van der Waals surface area contributed by atoms with Crippen LogP contribution < -0.4 is 10.6 Å². The predicted octanol–water partition coefficient (Wildman–Crippen LogP) is 2.93. The molecule has 5 radical (unpaired) electrons. The molecule has 4 heteroatoms. The molecule has 3 nitrogen and oxygen atoms in total. The van der Waals surface area contributed by atoms with Crippen molar-refractivity contribution in [3.8, 4) is 0 Å². The van der Waals surface area contributed by atoms with Gasteiger partial charge < -0.3 is 10.6 Å². The van der Waals surface area contributed by atoms with Crippen LogP contribution in [0.25, 0.3) is 0 Å². The average Bonchev–Trinajstić information content (AvgIpc) is 2.74. The summed E-state index contributed by atoms with van der Waals surface area (Å²) in [5.74, 6) is 0. The van der Waals surface area contributed by atoms with Crippen LogP contribution in [0.1, 0.15) is 0 Å². The summed E-state index contributed by atoms with van der Waals surface area (Å²) in [6.07, 6.45) is 7.41. The summed E-state index contributed by atoms with van der Waals surface area (Å²) < 4.78 is 0.981. The Morgan fingerprint density at radius 2 is 1.62 bits per heavy atom. The van der Waals surface area contributed by atoms with Crippen LogP contribution in [-0.4, -0.2) is 6.03 Å². The molecule has 0 saturated heterocycles. The SMILES string of the molecule is O=C(N[C]1[CH][CH][CH][CH]1)Nc1ccc(Br)cc1. The Labute approximate surface area is 104 Å². The molecule has 81 valence electrons. The first-order chi connectivity index (χ1) is 7.74. The molecule has 1 aromatic rings. The Bertz CT molecular complexity index is 358. The number of amides is 2. The molecule has 0 spiro atoms. The highest BCUT2D eigenvalue weighted by molar-refractivity contribution is 9.10. The predicted molar refractivity (Wildman–Crippen MR) is 66.7 cm³/mol. The van der Waals surface area contributed by atoms with E-state index in [1.54, 1.807) is 0 Å². The van der Waals surface area contributed by atoms with Crippen molar-refractivity contribution in [2.75, 3.05) is 5.32 Å². The third-order valence-electron chi connectivity index (χ3n) is 2.02. The lowest BCUT2D eigenvalue weighted by molar-refractivity contribution is 0.253. The lowest BCUT2D eigenvalue weighted by atomic mass is 10.2. The first-order valence-electron chi connectivity index (χ1n) is 4.79. The Balaban J connectivity index is 1.84. The third-order valence-corrected chi connectivity index (χ3v) is 2.55. The number of hydrogen-bond acceptors (Lipinski definition) is 1. The van der Waals surface area contributed by atoms with Gasteiger partial charge in [0.1, 0.15) is 0 Å². The van der Waals surface area contributed by atoms with Gasteiger partial charge >= 0.3 is 6.03 Å². The zero-order valence-corrected chi connectivity index (χ0v) is 9.99. The second-order valence-electron chi connectivity index (χ2n) is 3.26. The Hall–Kier alpha value is -1.03.